The fraction of sp³-hybridized carbons (Fsp3) is 0.550. The number of amides is 1. The van der Waals surface area contributed by atoms with Crippen molar-refractivity contribution >= 4 is 23.2 Å². The van der Waals surface area contributed by atoms with Gasteiger partial charge in [-0.05, 0) is 31.7 Å². The lowest BCUT2D eigenvalue weighted by Crippen LogP contribution is -2.47. The van der Waals surface area contributed by atoms with E-state index in [0.29, 0.717) is 11.2 Å². The maximum atomic E-state index is 11.5. The summed E-state index contributed by atoms with van der Waals surface area (Å²) in [4.78, 5) is 18.1. The molecule has 8 heteroatoms. The summed E-state index contributed by atoms with van der Waals surface area (Å²) >= 11 is 6.23. The summed E-state index contributed by atoms with van der Waals surface area (Å²) in [7, 11) is 0. The van der Waals surface area contributed by atoms with E-state index in [0.717, 1.165) is 68.8 Å². The van der Waals surface area contributed by atoms with Crippen LogP contribution < -0.4 is 10.2 Å². The highest BCUT2D eigenvalue weighted by molar-refractivity contribution is 6.29. The smallest absolute Gasteiger partial charge is 0.217 e. The molecule has 7 nitrogen and oxygen atoms in total. The molecular formula is C20H26ClN5O2. The van der Waals surface area contributed by atoms with Crippen molar-refractivity contribution in [3.8, 4) is 11.1 Å². The van der Waals surface area contributed by atoms with Crippen molar-refractivity contribution in [1.29, 1.82) is 0 Å². The molecule has 0 aliphatic carbocycles. The van der Waals surface area contributed by atoms with Crippen LogP contribution in [0.15, 0.2) is 24.7 Å². The molecule has 4 rings (SSSR count). The number of aromatic nitrogens is 3. The first-order valence-corrected chi connectivity index (χ1v) is 10.3. The lowest BCUT2D eigenvalue weighted by Gasteiger charge is -2.35. The molecule has 2 saturated heterocycles. The summed E-state index contributed by atoms with van der Waals surface area (Å²) in [6.45, 7) is 4.83. The molecule has 2 aromatic rings. The minimum absolute atomic E-state index is 0.0116. The van der Waals surface area contributed by atoms with Gasteiger partial charge in [-0.3, -0.25) is 9.48 Å². The number of nitrogens with one attached hydrogen (secondary N) is 1. The van der Waals surface area contributed by atoms with E-state index in [-0.39, 0.29) is 11.9 Å². The highest BCUT2D eigenvalue weighted by atomic mass is 35.5. The third-order valence-electron chi connectivity index (χ3n) is 5.50. The average molecular weight is 404 g/mol. The number of ether oxygens (including phenoxy) is 1. The molecule has 1 atom stereocenters. The van der Waals surface area contributed by atoms with Gasteiger partial charge in [-0.1, -0.05) is 11.6 Å². The maximum absolute atomic E-state index is 11.5. The van der Waals surface area contributed by atoms with Crippen molar-refractivity contribution < 1.29 is 9.53 Å². The van der Waals surface area contributed by atoms with Gasteiger partial charge in [0.15, 0.2) is 0 Å². The normalized spacial score (nSPS) is 20.9. The zero-order valence-corrected chi connectivity index (χ0v) is 16.9. The van der Waals surface area contributed by atoms with Crippen molar-refractivity contribution in [2.45, 2.75) is 44.7 Å². The molecule has 0 bridgehead atoms. The first-order chi connectivity index (χ1) is 13.6. The molecule has 0 radical (unpaired) electrons. The highest BCUT2D eigenvalue weighted by Gasteiger charge is 2.24. The van der Waals surface area contributed by atoms with Gasteiger partial charge in [0, 0.05) is 68.5 Å². The summed E-state index contributed by atoms with van der Waals surface area (Å²) in [6.07, 6.45) is 9.80. The van der Waals surface area contributed by atoms with Crippen molar-refractivity contribution in [3.05, 3.63) is 29.8 Å². The van der Waals surface area contributed by atoms with Gasteiger partial charge in [0.25, 0.3) is 0 Å². The Labute approximate surface area is 170 Å². The van der Waals surface area contributed by atoms with E-state index < -0.39 is 0 Å². The number of hydrogen-bond acceptors (Lipinski definition) is 5. The number of nitrogens with zero attached hydrogens (tertiary/aromatic N) is 4. The van der Waals surface area contributed by atoms with E-state index in [4.69, 9.17) is 16.3 Å². The molecule has 2 aliphatic heterocycles. The molecule has 2 fully saturated rings. The van der Waals surface area contributed by atoms with Crippen LogP contribution in [0, 0.1) is 0 Å². The Morgan fingerprint density at radius 2 is 2.11 bits per heavy atom. The molecule has 2 aliphatic rings. The van der Waals surface area contributed by atoms with Crippen LogP contribution in [0.25, 0.3) is 11.1 Å². The molecule has 28 heavy (non-hydrogen) atoms. The van der Waals surface area contributed by atoms with Gasteiger partial charge in [0.05, 0.1) is 12.2 Å². The van der Waals surface area contributed by atoms with Crippen LogP contribution in [0.3, 0.4) is 0 Å². The molecule has 150 valence electrons. The van der Waals surface area contributed by atoms with Crippen LogP contribution in [-0.2, 0) is 9.53 Å². The van der Waals surface area contributed by atoms with Gasteiger partial charge in [-0.25, -0.2) is 4.98 Å². The van der Waals surface area contributed by atoms with Crippen LogP contribution >= 0.6 is 11.6 Å². The van der Waals surface area contributed by atoms with Gasteiger partial charge in [0.2, 0.25) is 5.91 Å². The summed E-state index contributed by atoms with van der Waals surface area (Å²) in [6, 6.07) is 2.44. The van der Waals surface area contributed by atoms with Crippen LogP contribution in [0.1, 0.15) is 38.6 Å². The third-order valence-corrected chi connectivity index (χ3v) is 5.70. The van der Waals surface area contributed by atoms with Crippen LogP contribution in [0.2, 0.25) is 5.15 Å². The minimum atomic E-state index is 0.0116. The average Bonchev–Trinajstić information content (AvgIpc) is 3.18. The third kappa shape index (κ3) is 4.31. The molecular weight excluding hydrogens is 378 g/mol. The Balaban J connectivity index is 1.60. The van der Waals surface area contributed by atoms with Gasteiger partial charge in [-0.15, -0.1) is 0 Å². The van der Waals surface area contributed by atoms with Crippen molar-refractivity contribution in [1.82, 2.24) is 20.1 Å². The minimum Gasteiger partial charge on any atom is -0.381 e. The number of carbonyl (C=O) groups excluding carboxylic acids is 1. The summed E-state index contributed by atoms with van der Waals surface area (Å²) in [5.74, 6) is 0.0116. The Kier molecular flexibility index (Phi) is 5.82. The van der Waals surface area contributed by atoms with Crippen LogP contribution in [0.5, 0.6) is 0 Å². The van der Waals surface area contributed by atoms with E-state index >= 15 is 0 Å². The van der Waals surface area contributed by atoms with Crippen molar-refractivity contribution in [2.24, 2.45) is 0 Å². The fourth-order valence-corrected chi connectivity index (χ4v) is 4.28. The summed E-state index contributed by atoms with van der Waals surface area (Å²) < 4.78 is 7.51. The second-order valence-electron chi connectivity index (χ2n) is 7.56. The molecule has 0 aromatic carbocycles. The lowest BCUT2D eigenvalue weighted by molar-refractivity contribution is -0.119. The Morgan fingerprint density at radius 3 is 2.89 bits per heavy atom. The molecule has 1 amide bonds. The quantitative estimate of drug-likeness (QED) is 0.794. The summed E-state index contributed by atoms with van der Waals surface area (Å²) in [5, 5.41) is 8.12. The number of pyridine rings is 1. The molecule has 1 unspecified atom stereocenters. The standard InChI is InChI=1S/C20H26ClN5O2/c1-14(27)24-16-3-2-6-25(13-16)19-9-20(21)22-11-18(19)15-10-23-26(12-15)17-4-7-28-8-5-17/h9-12,16-17H,2-8,13H2,1H3,(H,24,27). The monoisotopic (exact) mass is 403 g/mol. The van der Waals surface area contributed by atoms with Crippen LogP contribution in [-0.4, -0.2) is 53.0 Å². The zero-order valence-electron chi connectivity index (χ0n) is 16.1. The largest absolute Gasteiger partial charge is 0.381 e. The zero-order chi connectivity index (χ0) is 19.5. The maximum Gasteiger partial charge on any atom is 0.217 e. The summed E-state index contributed by atoms with van der Waals surface area (Å²) in [5.41, 5.74) is 3.10. The van der Waals surface area contributed by atoms with Gasteiger partial charge >= 0.3 is 0 Å². The molecule has 4 heterocycles. The van der Waals surface area contributed by atoms with E-state index in [1.165, 1.54) is 0 Å². The number of hydrogen-bond donors (Lipinski definition) is 1. The van der Waals surface area contributed by atoms with Gasteiger partial charge < -0.3 is 15.0 Å². The van der Waals surface area contributed by atoms with Gasteiger partial charge in [0.1, 0.15) is 5.15 Å². The first kappa shape index (κ1) is 19.2. The van der Waals surface area contributed by atoms with Gasteiger partial charge in [-0.2, -0.15) is 5.10 Å². The Hall–Kier alpha value is -2.12. The molecule has 2 aromatic heterocycles. The van der Waals surface area contributed by atoms with E-state index in [2.05, 4.69) is 26.5 Å². The van der Waals surface area contributed by atoms with Crippen LogP contribution in [0.4, 0.5) is 5.69 Å². The second-order valence-corrected chi connectivity index (χ2v) is 7.95. The van der Waals surface area contributed by atoms with Crippen molar-refractivity contribution in [2.75, 3.05) is 31.2 Å². The van der Waals surface area contributed by atoms with E-state index in [1.807, 2.05) is 23.1 Å². The number of rotatable bonds is 4. The molecule has 0 spiro atoms. The first-order valence-electron chi connectivity index (χ1n) is 9.90. The number of anilines is 1. The predicted octanol–water partition coefficient (Wildman–Crippen LogP) is 3.05. The number of carbonyl (C=O) groups is 1. The highest BCUT2D eigenvalue weighted by Crippen LogP contribution is 2.34. The Bertz CT molecular complexity index is 834. The second kappa shape index (κ2) is 8.49. The predicted molar refractivity (Wildman–Crippen MR) is 109 cm³/mol. The fourth-order valence-electron chi connectivity index (χ4n) is 4.13. The van der Waals surface area contributed by atoms with E-state index in [9.17, 15) is 4.79 Å². The van der Waals surface area contributed by atoms with E-state index in [1.54, 1.807) is 6.92 Å². The molecule has 1 N–H and O–H groups in total. The number of halogens is 1. The SMILES string of the molecule is CC(=O)NC1CCCN(c2cc(Cl)ncc2-c2cnn(C3CCOCC3)c2)C1. The topological polar surface area (TPSA) is 72.3 Å². The van der Waals surface area contributed by atoms with Crippen molar-refractivity contribution in [3.63, 3.8) is 0 Å². The molecule has 0 saturated carbocycles. The Morgan fingerprint density at radius 1 is 1.29 bits per heavy atom. The lowest BCUT2D eigenvalue weighted by atomic mass is 10.0. The number of piperidine rings is 1.